The minimum atomic E-state index is -0.609. The third kappa shape index (κ3) is 4.46. The second-order valence-electron chi connectivity index (χ2n) is 10.6. The van der Waals surface area contributed by atoms with Gasteiger partial charge in [-0.15, -0.1) is 0 Å². The second-order valence-corrected chi connectivity index (χ2v) is 10.6. The Labute approximate surface area is 192 Å². The van der Waals surface area contributed by atoms with Crippen LogP contribution in [0.5, 0.6) is 0 Å². The number of fused-ring (bicyclic) bond motifs is 1. The molecule has 2 aliphatic rings. The lowest BCUT2D eigenvalue weighted by molar-refractivity contribution is -0.0530. The van der Waals surface area contributed by atoms with E-state index in [-0.39, 0.29) is 18.1 Å². The normalized spacial score (nSPS) is 24.2. The fourth-order valence-electron chi connectivity index (χ4n) is 4.75. The summed E-state index contributed by atoms with van der Waals surface area (Å²) < 4.78 is 13.1. The fraction of sp³-hybridized carbons (Fsp3) is 0.583. The van der Waals surface area contributed by atoms with Crippen LogP contribution in [-0.4, -0.2) is 60.3 Å². The molecule has 2 aromatic heterocycles. The van der Waals surface area contributed by atoms with Gasteiger partial charge in [-0.3, -0.25) is 4.68 Å². The number of hydrogen-bond donors (Lipinski definition) is 1. The zero-order valence-electron chi connectivity index (χ0n) is 19.6. The largest absolute Gasteiger partial charge is 0.444 e. The molecular formula is C24H31N5O4. The molecule has 1 aliphatic heterocycles. The number of carbonyl (C=O) groups is 1. The van der Waals surface area contributed by atoms with E-state index in [1.54, 1.807) is 4.90 Å². The Balaban J connectivity index is 1.28. The predicted molar refractivity (Wildman–Crippen MR) is 122 cm³/mol. The predicted octanol–water partition coefficient (Wildman–Crippen LogP) is 4.29. The molecule has 1 aromatic carbocycles. The molecule has 1 saturated carbocycles. The van der Waals surface area contributed by atoms with Gasteiger partial charge >= 0.3 is 6.09 Å². The summed E-state index contributed by atoms with van der Waals surface area (Å²) in [5.41, 5.74) is 0.770. The molecule has 1 N–H and O–H groups in total. The van der Waals surface area contributed by atoms with E-state index in [1.165, 1.54) is 0 Å². The molecule has 0 bridgehead atoms. The van der Waals surface area contributed by atoms with Crippen LogP contribution in [0.3, 0.4) is 0 Å². The Morgan fingerprint density at radius 3 is 2.64 bits per heavy atom. The number of aromatic nitrogens is 4. The monoisotopic (exact) mass is 453 g/mol. The maximum atomic E-state index is 12.3. The highest BCUT2D eigenvalue weighted by Gasteiger charge is 2.40. The lowest BCUT2D eigenvalue weighted by atomic mass is 9.77. The molecule has 1 saturated heterocycles. The third-order valence-corrected chi connectivity index (χ3v) is 6.49. The van der Waals surface area contributed by atoms with Gasteiger partial charge in [-0.2, -0.15) is 10.1 Å². The van der Waals surface area contributed by atoms with E-state index >= 15 is 0 Å². The van der Waals surface area contributed by atoms with Gasteiger partial charge < -0.3 is 19.3 Å². The number of aliphatic hydroxyl groups is 1. The molecule has 1 aliphatic carbocycles. The Kier molecular flexibility index (Phi) is 5.19. The van der Waals surface area contributed by atoms with Gasteiger partial charge in [0.05, 0.1) is 23.4 Å². The molecule has 2 fully saturated rings. The summed E-state index contributed by atoms with van der Waals surface area (Å²) in [6.45, 7) is 8.69. The van der Waals surface area contributed by atoms with Gasteiger partial charge in [0.25, 0.3) is 0 Å². The van der Waals surface area contributed by atoms with Gasteiger partial charge in [0.1, 0.15) is 5.60 Å². The van der Waals surface area contributed by atoms with E-state index in [9.17, 15) is 9.90 Å². The maximum absolute atomic E-state index is 12.3. The smallest absolute Gasteiger partial charge is 0.410 e. The lowest BCUT2D eigenvalue weighted by Crippen LogP contribution is -2.42. The highest BCUT2D eigenvalue weighted by molar-refractivity contribution is 5.83. The van der Waals surface area contributed by atoms with Crippen LogP contribution in [0.1, 0.15) is 71.2 Å². The van der Waals surface area contributed by atoms with Crippen LogP contribution in [0, 0.1) is 0 Å². The summed E-state index contributed by atoms with van der Waals surface area (Å²) in [5.74, 6) is 1.28. The molecule has 9 heteroatoms. The summed E-state index contributed by atoms with van der Waals surface area (Å²) in [5, 5.41) is 19.9. The lowest BCUT2D eigenvalue weighted by Gasteiger charge is -2.41. The molecular weight excluding hydrogens is 422 g/mol. The topological polar surface area (TPSA) is 107 Å². The van der Waals surface area contributed by atoms with E-state index in [4.69, 9.17) is 9.26 Å². The van der Waals surface area contributed by atoms with Crippen LogP contribution in [0.15, 0.2) is 28.9 Å². The molecule has 0 radical (unpaired) electrons. The van der Waals surface area contributed by atoms with Gasteiger partial charge in [0.2, 0.25) is 11.7 Å². The molecule has 33 heavy (non-hydrogen) atoms. The highest BCUT2D eigenvalue weighted by atomic mass is 16.6. The molecule has 0 unspecified atom stereocenters. The number of nitrogens with zero attached hydrogens (tertiary/aromatic N) is 5. The Morgan fingerprint density at radius 1 is 1.24 bits per heavy atom. The Morgan fingerprint density at radius 2 is 1.97 bits per heavy atom. The van der Waals surface area contributed by atoms with Crippen molar-refractivity contribution in [3.63, 3.8) is 0 Å². The van der Waals surface area contributed by atoms with Crippen LogP contribution in [0.2, 0.25) is 0 Å². The van der Waals surface area contributed by atoms with Crippen molar-refractivity contribution in [2.75, 3.05) is 13.1 Å². The molecule has 3 aromatic rings. The first-order chi connectivity index (χ1) is 15.6. The maximum Gasteiger partial charge on any atom is 0.410 e. The van der Waals surface area contributed by atoms with Gasteiger partial charge in [0.15, 0.2) is 0 Å². The van der Waals surface area contributed by atoms with Crippen molar-refractivity contribution < 1.29 is 19.2 Å². The average Bonchev–Trinajstić information content (AvgIpc) is 3.38. The van der Waals surface area contributed by atoms with Crippen molar-refractivity contribution in [2.45, 2.75) is 76.5 Å². The van der Waals surface area contributed by atoms with Crippen LogP contribution in [0.4, 0.5) is 4.79 Å². The van der Waals surface area contributed by atoms with Gasteiger partial charge in [-0.05, 0) is 59.4 Å². The minimum absolute atomic E-state index is 0.122. The van der Waals surface area contributed by atoms with Crippen LogP contribution in [-0.2, 0) is 4.74 Å². The van der Waals surface area contributed by atoms with Gasteiger partial charge in [-0.1, -0.05) is 17.3 Å². The van der Waals surface area contributed by atoms with Crippen molar-refractivity contribution in [3.8, 4) is 11.4 Å². The zero-order chi connectivity index (χ0) is 23.4. The number of rotatable bonds is 3. The number of carbonyl (C=O) groups excluding carboxylic acids is 1. The highest BCUT2D eigenvalue weighted by Crippen LogP contribution is 2.42. The van der Waals surface area contributed by atoms with Crippen molar-refractivity contribution in [1.82, 2.24) is 24.8 Å². The molecule has 176 valence electrons. The summed E-state index contributed by atoms with van der Waals surface area (Å²) >= 11 is 0. The number of benzene rings is 1. The van der Waals surface area contributed by atoms with Gasteiger partial charge in [0, 0.05) is 30.0 Å². The minimum Gasteiger partial charge on any atom is -0.444 e. The van der Waals surface area contributed by atoms with Crippen molar-refractivity contribution >= 4 is 17.0 Å². The van der Waals surface area contributed by atoms with Crippen molar-refractivity contribution in [3.05, 3.63) is 30.3 Å². The molecule has 0 spiro atoms. The Hall–Kier alpha value is -2.94. The first-order valence-corrected chi connectivity index (χ1v) is 11.6. The average molecular weight is 454 g/mol. The molecule has 3 heterocycles. The number of ether oxygens (including phenoxy) is 1. The number of hydrogen-bond acceptors (Lipinski definition) is 7. The summed E-state index contributed by atoms with van der Waals surface area (Å²) in [7, 11) is 0. The van der Waals surface area contributed by atoms with Crippen LogP contribution in [0.25, 0.3) is 22.3 Å². The molecule has 1 amide bonds. The van der Waals surface area contributed by atoms with Crippen LogP contribution >= 0.6 is 0 Å². The first kappa shape index (κ1) is 21.9. The zero-order valence-corrected chi connectivity index (χ0v) is 19.6. The summed E-state index contributed by atoms with van der Waals surface area (Å²) in [6, 6.07) is 6.23. The van der Waals surface area contributed by atoms with E-state index < -0.39 is 11.2 Å². The summed E-state index contributed by atoms with van der Waals surface area (Å²) in [4.78, 5) is 18.7. The van der Waals surface area contributed by atoms with Crippen LogP contribution < -0.4 is 0 Å². The third-order valence-electron chi connectivity index (χ3n) is 6.49. The molecule has 9 nitrogen and oxygen atoms in total. The second kappa shape index (κ2) is 7.83. The van der Waals surface area contributed by atoms with E-state index in [1.807, 2.05) is 56.8 Å². The SMILES string of the molecule is CC(C)(C)OC(=O)N1CCC(c2nc(-c3ccc4cnn([C@H]5C[C@](C)(O)C5)c4c3)no2)CC1. The number of amides is 1. The van der Waals surface area contributed by atoms with Gasteiger partial charge in [-0.25, -0.2) is 4.79 Å². The van der Waals surface area contributed by atoms with E-state index in [0.29, 0.717) is 37.6 Å². The quantitative estimate of drug-likeness (QED) is 0.630. The first-order valence-electron chi connectivity index (χ1n) is 11.6. The summed E-state index contributed by atoms with van der Waals surface area (Å²) in [6.07, 6.45) is 4.49. The molecule has 0 atom stereocenters. The number of likely N-dealkylation sites (tertiary alicyclic amines) is 1. The van der Waals surface area contributed by atoms with E-state index in [0.717, 1.165) is 29.3 Å². The van der Waals surface area contributed by atoms with Crippen molar-refractivity contribution in [2.24, 2.45) is 0 Å². The van der Waals surface area contributed by atoms with Crippen molar-refractivity contribution in [1.29, 1.82) is 0 Å². The number of piperidine rings is 1. The van der Waals surface area contributed by atoms with E-state index in [2.05, 4.69) is 15.2 Å². The molecule has 5 rings (SSSR count). The standard InChI is InChI=1S/C24H31N5O4/c1-23(2,3)32-22(30)28-9-7-15(8-10-28)21-26-20(27-33-21)16-5-6-17-14-25-29(19(17)11-16)18-12-24(4,31)13-18/h5-6,11,14-15,18,31H,7-10,12-13H2,1-4H3/t18-,24-. The fourth-order valence-corrected chi connectivity index (χ4v) is 4.75. The Bertz CT molecular complexity index is 1160.